The average Bonchev–Trinajstić information content (AvgIpc) is 3.41. The summed E-state index contributed by atoms with van der Waals surface area (Å²) in [5, 5.41) is 5.70. The van der Waals surface area contributed by atoms with Crippen LogP contribution in [0.3, 0.4) is 0 Å². The highest BCUT2D eigenvalue weighted by Crippen LogP contribution is 2.42. The Balaban J connectivity index is 1.50. The van der Waals surface area contributed by atoms with Crippen molar-refractivity contribution in [2.75, 3.05) is 19.6 Å². The molecule has 0 unspecified atom stereocenters. The molecule has 2 aliphatic heterocycles. The fourth-order valence-corrected chi connectivity index (χ4v) is 5.88. The summed E-state index contributed by atoms with van der Waals surface area (Å²) in [6, 6.07) is 5.28. The largest absolute Gasteiger partial charge is 0.434 e. The van der Waals surface area contributed by atoms with Gasteiger partial charge in [-0.25, -0.2) is 4.79 Å². The first-order chi connectivity index (χ1) is 18.1. The van der Waals surface area contributed by atoms with E-state index in [4.69, 9.17) is 28.3 Å². The summed E-state index contributed by atoms with van der Waals surface area (Å²) in [4.78, 5) is 15.4. The van der Waals surface area contributed by atoms with Gasteiger partial charge in [-0.05, 0) is 64.3 Å². The molecule has 1 amide bonds. The zero-order valence-corrected chi connectivity index (χ0v) is 22.8. The highest BCUT2D eigenvalue weighted by atomic mass is 35.5. The molecular weight excluding hydrogens is 573 g/mol. The van der Waals surface area contributed by atoms with Gasteiger partial charge in [0.2, 0.25) is 0 Å². The molecule has 6 nitrogen and oxygen atoms in total. The minimum atomic E-state index is -5.75. The van der Waals surface area contributed by atoms with Crippen molar-refractivity contribution in [3.63, 3.8) is 0 Å². The summed E-state index contributed by atoms with van der Waals surface area (Å²) in [6.07, 6.45) is -12.9. The Morgan fingerprint density at radius 3 is 2.13 bits per heavy atom. The van der Waals surface area contributed by atoms with Gasteiger partial charge in [0, 0.05) is 58.6 Å². The Labute approximate surface area is 231 Å². The molecule has 1 spiro atoms. The molecule has 2 aromatic rings. The van der Waals surface area contributed by atoms with E-state index in [9.17, 15) is 31.1 Å². The minimum absolute atomic E-state index is 0.0141. The second-order valence-electron chi connectivity index (χ2n) is 10.3. The van der Waals surface area contributed by atoms with Crippen molar-refractivity contribution in [1.29, 1.82) is 0 Å². The summed E-state index contributed by atoms with van der Waals surface area (Å²) < 4.78 is 82.8. The molecule has 2 saturated heterocycles. The molecule has 1 aromatic carbocycles. The minimum Gasteiger partial charge on any atom is -0.426 e. The van der Waals surface area contributed by atoms with Crippen LogP contribution in [0.15, 0.2) is 24.4 Å². The van der Waals surface area contributed by atoms with Crippen LogP contribution in [-0.4, -0.2) is 69.3 Å². The van der Waals surface area contributed by atoms with Gasteiger partial charge in [0.05, 0.1) is 5.69 Å². The first-order valence-corrected chi connectivity index (χ1v) is 13.2. The van der Waals surface area contributed by atoms with E-state index in [2.05, 4.69) is 9.64 Å². The number of carbonyl (C=O) groups is 1. The van der Waals surface area contributed by atoms with Gasteiger partial charge in [0.25, 0.3) is 6.10 Å². The van der Waals surface area contributed by atoms with Crippen LogP contribution in [-0.2, 0) is 11.3 Å². The van der Waals surface area contributed by atoms with Crippen molar-refractivity contribution < 1.29 is 35.9 Å². The first-order valence-electron chi connectivity index (χ1n) is 12.5. The molecule has 39 heavy (non-hydrogen) atoms. The van der Waals surface area contributed by atoms with Crippen molar-refractivity contribution in [2.24, 2.45) is 0 Å². The molecule has 0 saturated carbocycles. The number of benzene rings is 1. The Bertz CT molecular complexity index is 1160. The monoisotopic (exact) mass is 600 g/mol. The van der Waals surface area contributed by atoms with Crippen LogP contribution in [0.2, 0.25) is 10.0 Å². The van der Waals surface area contributed by atoms with Gasteiger partial charge in [0.15, 0.2) is 0 Å². The third kappa shape index (κ3) is 6.59. The van der Waals surface area contributed by atoms with Crippen molar-refractivity contribution in [3.05, 3.63) is 40.0 Å². The van der Waals surface area contributed by atoms with E-state index >= 15 is 0 Å². The fraction of sp³-hybridized carbons (Fsp3) is 0.600. The number of aromatic nitrogens is 2. The number of rotatable bonds is 5. The Morgan fingerprint density at radius 1 is 1.00 bits per heavy atom. The molecule has 3 heterocycles. The van der Waals surface area contributed by atoms with Gasteiger partial charge >= 0.3 is 18.4 Å². The lowest BCUT2D eigenvalue weighted by atomic mass is 9.85. The number of alkyl halides is 6. The van der Waals surface area contributed by atoms with Crippen LogP contribution in [0.4, 0.5) is 31.1 Å². The van der Waals surface area contributed by atoms with E-state index in [-0.39, 0.29) is 24.7 Å². The highest BCUT2D eigenvalue weighted by molar-refractivity contribution is 6.35. The van der Waals surface area contributed by atoms with Crippen LogP contribution in [0, 0.1) is 0 Å². The second-order valence-corrected chi connectivity index (χ2v) is 11.2. The maximum absolute atomic E-state index is 12.8. The quantitative estimate of drug-likeness (QED) is 0.333. The predicted molar refractivity (Wildman–Crippen MR) is 134 cm³/mol. The zero-order chi connectivity index (χ0) is 28.8. The van der Waals surface area contributed by atoms with E-state index in [0.717, 1.165) is 41.1 Å². The number of amides is 1. The molecule has 14 heteroatoms. The number of likely N-dealkylation sites (tertiary alicyclic amines) is 2. The fourth-order valence-electron chi connectivity index (χ4n) is 5.36. The number of hydrogen-bond donors (Lipinski definition) is 0. The molecule has 0 N–H and O–H groups in total. The van der Waals surface area contributed by atoms with E-state index < -0.39 is 24.5 Å². The molecule has 2 fully saturated rings. The topological polar surface area (TPSA) is 50.6 Å². The van der Waals surface area contributed by atoms with Gasteiger partial charge in [-0.3, -0.25) is 9.58 Å². The van der Waals surface area contributed by atoms with E-state index in [1.165, 1.54) is 0 Å². The zero-order valence-electron chi connectivity index (χ0n) is 21.3. The van der Waals surface area contributed by atoms with Crippen LogP contribution in [0.5, 0.6) is 0 Å². The predicted octanol–water partition coefficient (Wildman–Crippen LogP) is 7.50. The van der Waals surface area contributed by atoms with Gasteiger partial charge < -0.3 is 9.64 Å². The number of piperidine rings is 1. The maximum Gasteiger partial charge on any atom is 0.434 e. The lowest BCUT2D eigenvalue weighted by Crippen LogP contribution is -2.54. The number of ether oxygens (including phenoxy) is 1. The van der Waals surface area contributed by atoms with Crippen LogP contribution in [0.25, 0.3) is 11.3 Å². The van der Waals surface area contributed by atoms with Gasteiger partial charge in [-0.2, -0.15) is 31.4 Å². The molecule has 216 valence electrons. The molecule has 0 atom stereocenters. The third-order valence-electron chi connectivity index (χ3n) is 7.34. The average molecular weight is 601 g/mol. The number of carbonyl (C=O) groups excluding carboxylic acids is 1. The smallest absolute Gasteiger partial charge is 0.426 e. The summed E-state index contributed by atoms with van der Waals surface area (Å²) in [5.74, 6) is 0. The summed E-state index contributed by atoms with van der Waals surface area (Å²) >= 11 is 12.5. The van der Waals surface area contributed by atoms with Crippen molar-refractivity contribution >= 4 is 29.3 Å². The number of halogens is 8. The number of hydrogen-bond acceptors (Lipinski definition) is 4. The van der Waals surface area contributed by atoms with Crippen molar-refractivity contribution in [3.8, 4) is 11.3 Å². The van der Waals surface area contributed by atoms with E-state index in [0.29, 0.717) is 29.4 Å². The lowest BCUT2D eigenvalue weighted by Gasteiger charge is -2.45. The molecule has 0 radical (unpaired) electrons. The van der Waals surface area contributed by atoms with E-state index in [1.807, 2.05) is 24.7 Å². The molecular formula is C25H28Cl2F6N4O2. The van der Waals surface area contributed by atoms with Gasteiger partial charge in [0.1, 0.15) is 0 Å². The van der Waals surface area contributed by atoms with Gasteiger partial charge in [-0.15, -0.1) is 0 Å². The second kappa shape index (κ2) is 11.0. The lowest BCUT2D eigenvalue weighted by molar-refractivity contribution is -0.308. The Kier molecular flexibility index (Phi) is 8.41. The standard InChI is InChI=1S/C25H28Cl2F6N4O2/c1-15(2)37-14-17(20(34-37)16-10-18(26)12-19(27)11-16)13-36-7-3-4-23(36)5-8-35(9-6-23)22(38)39-21(24(28,29)30)25(31,32)33/h10-12,14-15,21H,3-9,13H2,1-2H3. The highest BCUT2D eigenvalue weighted by Gasteiger charge is 2.60. The molecule has 0 aliphatic carbocycles. The summed E-state index contributed by atoms with van der Waals surface area (Å²) in [7, 11) is 0. The maximum atomic E-state index is 12.8. The van der Waals surface area contributed by atoms with E-state index in [1.54, 1.807) is 18.2 Å². The van der Waals surface area contributed by atoms with Crippen LogP contribution >= 0.6 is 23.2 Å². The first kappa shape index (κ1) is 29.8. The Hall–Kier alpha value is -2.18. The van der Waals surface area contributed by atoms with Crippen LogP contribution in [0.1, 0.15) is 51.1 Å². The SMILES string of the molecule is CC(C)n1cc(CN2CCCC23CCN(C(=O)OC(C(F)(F)F)C(F)(F)F)CC3)c(-c2cc(Cl)cc(Cl)c2)n1. The third-order valence-corrected chi connectivity index (χ3v) is 7.78. The molecule has 2 aliphatic rings. The van der Waals surface area contributed by atoms with Gasteiger partial charge in [-0.1, -0.05) is 23.2 Å². The molecule has 4 rings (SSSR count). The van der Waals surface area contributed by atoms with Crippen molar-refractivity contribution in [1.82, 2.24) is 19.6 Å². The number of nitrogens with zero attached hydrogens (tertiary/aromatic N) is 4. The summed E-state index contributed by atoms with van der Waals surface area (Å²) in [6.45, 7) is 5.23. The summed E-state index contributed by atoms with van der Waals surface area (Å²) in [5.41, 5.74) is 2.06. The Morgan fingerprint density at radius 2 is 1.59 bits per heavy atom. The normalized spacial score (nSPS) is 18.5. The van der Waals surface area contributed by atoms with Crippen molar-refractivity contribution in [2.45, 2.75) is 76.1 Å². The van der Waals surface area contributed by atoms with Crippen LogP contribution < -0.4 is 0 Å². The molecule has 1 aromatic heterocycles. The molecule has 0 bridgehead atoms.